The predicted octanol–water partition coefficient (Wildman–Crippen LogP) is 6.08. The van der Waals surface area contributed by atoms with E-state index in [-0.39, 0.29) is 6.17 Å². The van der Waals surface area contributed by atoms with E-state index >= 15 is 0 Å². The minimum Gasteiger partial charge on any atom is -0.359 e. The van der Waals surface area contributed by atoms with E-state index in [1.807, 2.05) is 0 Å². The van der Waals surface area contributed by atoms with Crippen molar-refractivity contribution in [2.45, 2.75) is 6.17 Å². The lowest BCUT2D eigenvalue weighted by Crippen LogP contribution is -2.27. The molecule has 0 saturated heterocycles. The highest BCUT2D eigenvalue weighted by Crippen LogP contribution is 2.55. The summed E-state index contributed by atoms with van der Waals surface area (Å²) >= 11 is 0. The molecular formula is C23H16N2. The van der Waals surface area contributed by atoms with E-state index < -0.39 is 0 Å². The third-order valence-electron chi connectivity index (χ3n) is 5.40. The van der Waals surface area contributed by atoms with Crippen LogP contribution in [0.25, 0.3) is 21.9 Å². The maximum Gasteiger partial charge on any atom is 0.131 e. The van der Waals surface area contributed by atoms with Crippen molar-refractivity contribution in [3.63, 3.8) is 0 Å². The fraction of sp³-hybridized carbons (Fsp3) is 0.0435. The van der Waals surface area contributed by atoms with Gasteiger partial charge in [-0.3, -0.25) is 0 Å². The summed E-state index contributed by atoms with van der Waals surface area (Å²) in [6.45, 7) is 0. The molecule has 0 aliphatic carbocycles. The standard InChI is InChI=1S/C23H16N2/c1-2-8-16-15(7-1)13-14-18-22(16)17-9-3-5-11-20(17)25-21-12-6-4-10-19(21)24-23(18)25/h1-14,23-24H. The van der Waals surface area contributed by atoms with Gasteiger partial charge in [-0.2, -0.15) is 0 Å². The van der Waals surface area contributed by atoms with Crippen LogP contribution in [-0.2, 0) is 0 Å². The largest absolute Gasteiger partial charge is 0.359 e. The van der Waals surface area contributed by atoms with Crippen molar-refractivity contribution in [1.29, 1.82) is 0 Å². The predicted molar refractivity (Wildman–Crippen MR) is 104 cm³/mol. The van der Waals surface area contributed by atoms with Crippen LogP contribution in [0, 0.1) is 0 Å². The minimum atomic E-state index is 0.145. The van der Waals surface area contributed by atoms with Crippen LogP contribution in [0.2, 0.25) is 0 Å². The molecule has 6 rings (SSSR count). The number of nitrogens with zero attached hydrogens (tertiary/aromatic N) is 1. The van der Waals surface area contributed by atoms with Gasteiger partial charge in [0.15, 0.2) is 0 Å². The van der Waals surface area contributed by atoms with Crippen LogP contribution in [0.1, 0.15) is 11.7 Å². The van der Waals surface area contributed by atoms with Crippen molar-refractivity contribution in [3.8, 4) is 11.1 Å². The van der Waals surface area contributed by atoms with Gasteiger partial charge in [-0.1, -0.05) is 66.7 Å². The SMILES string of the molecule is c1ccc2c(c1)NC1c3ccc4ccccc4c3-c3ccccc3N21. The molecule has 25 heavy (non-hydrogen) atoms. The van der Waals surface area contributed by atoms with E-state index in [2.05, 4.69) is 95.1 Å². The summed E-state index contributed by atoms with van der Waals surface area (Å²) < 4.78 is 0. The van der Waals surface area contributed by atoms with Crippen LogP contribution in [-0.4, -0.2) is 0 Å². The van der Waals surface area contributed by atoms with Gasteiger partial charge in [-0.05, 0) is 34.5 Å². The van der Waals surface area contributed by atoms with E-state index in [0.717, 1.165) is 0 Å². The lowest BCUT2D eigenvalue weighted by molar-refractivity contribution is 0.821. The second kappa shape index (κ2) is 4.64. The normalized spacial score (nSPS) is 16.6. The average molecular weight is 320 g/mol. The summed E-state index contributed by atoms with van der Waals surface area (Å²) in [5, 5.41) is 6.34. The lowest BCUT2D eigenvalue weighted by atomic mass is 9.87. The topological polar surface area (TPSA) is 15.3 Å². The summed E-state index contributed by atoms with van der Waals surface area (Å²) in [6, 6.07) is 30.5. The second-order valence-corrected chi connectivity index (χ2v) is 6.70. The molecule has 0 aromatic heterocycles. The summed E-state index contributed by atoms with van der Waals surface area (Å²) in [5.41, 5.74) is 7.73. The Labute approximate surface area is 146 Å². The molecule has 1 N–H and O–H groups in total. The molecule has 2 heteroatoms. The quantitative estimate of drug-likeness (QED) is 0.422. The summed E-state index contributed by atoms with van der Waals surface area (Å²) in [6.07, 6.45) is 0.145. The summed E-state index contributed by atoms with van der Waals surface area (Å²) in [5.74, 6) is 0. The molecule has 0 amide bonds. The van der Waals surface area contributed by atoms with Gasteiger partial charge >= 0.3 is 0 Å². The molecular weight excluding hydrogens is 304 g/mol. The average Bonchev–Trinajstić information content (AvgIpc) is 3.07. The van der Waals surface area contributed by atoms with E-state index in [1.165, 1.54) is 44.5 Å². The molecule has 2 heterocycles. The highest BCUT2D eigenvalue weighted by atomic mass is 15.3. The molecule has 0 saturated carbocycles. The Hall–Kier alpha value is -3.26. The van der Waals surface area contributed by atoms with E-state index in [9.17, 15) is 0 Å². The minimum absolute atomic E-state index is 0.145. The Morgan fingerprint density at radius 3 is 2.40 bits per heavy atom. The Morgan fingerprint density at radius 2 is 1.44 bits per heavy atom. The molecule has 0 radical (unpaired) electrons. The van der Waals surface area contributed by atoms with Crippen LogP contribution in [0.5, 0.6) is 0 Å². The molecule has 0 bridgehead atoms. The van der Waals surface area contributed by atoms with Crippen LogP contribution in [0.15, 0.2) is 84.9 Å². The smallest absolute Gasteiger partial charge is 0.131 e. The Morgan fingerprint density at radius 1 is 0.680 bits per heavy atom. The molecule has 0 fully saturated rings. The third kappa shape index (κ3) is 1.64. The first-order chi connectivity index (χ1) is 12.4. The maximum absolute atomic E-state index is 3.72. The molecule has 4 aromatic rings. The van der Waals surface area contributed by atoms with Gasteiger partial charge in [0.1, 0.15) is 6.17 Å². The maximum atomic E-state index is 3.72. The number of anilines is 3. The third-order valence-corrected chi connectivity index (χ3v) is 5.40. The van der Waals surface area contributed by atoms with Gasteiger partial charge in [0.05, 0.1) is 17.1 Å². The zero-order chi connectivity index (χ0) is 16.4. The molecule has 1 atom stereocenters. The molecule has 0 spiro atoms. The fourth-order valence-electron chi connectivity index (χ4n) is 4.35. The number of fused-ring (bicyclic) bond motifs is 10. The lowest BCUT2D eigenvalue weighted by Gasteiger charge is -2.36. The van der Waals surface area contributed by atoms with E-state index in [1.54, 1.807) is 0 Å². The van der Waals surface area contributed by atoms with Gasteiger partial charge < -0.3 is 10.2 Å². The second-order valence-electron chi connectivity index (χ2n) is 6.70. The van der Waals surface area contributed by atoms with Crippen LogP contribution < -0.4 is 10.2 Å². The summed E-state index contributed by atoms with van der Waals surface area (Å²) in [4.78, 5) is 2.43. The Bertz CT molecular complexity index is 1150. The van der Waals surface area contributed by atoms with Gasteiger partial charge in [-0.15, -0.1) is 0 Å². The Balaban J connectivity index is 1.74. The zero-order valence-corrected chi connectivity index (χ0v) is 13.6. The summed E-state index contributed by atoms with van der Waals surface area (Å²) in [7, 11) is 0. The molecule has 2 aliphatic rings. The number of para-hydroxylation sites is 3. The molecule has 2 nitrogen and oxygen atoms in total. The number of nitrogens with one attached hydrogen (secondary N) is 1. The highest BCUT2D eigenvalue weighted by Gasteiger charge is 2.37. The van der Waals surface area contributed by atoms with Crippen molar-refractivity contribution < 1.29 is 0 Å². The van der Waals surface area contributed by atoms with Crippen molar-refractivity contribution in [2.75, 3.05) is 10.2 Å². The van der Waals surface area contributed by atoms with Crippen molar-refractivity contribution in [2.24, 2.45) is 0 Å². The first kappa shape index (κ1) is 13.1. The van der Waals surface area contributed by atoms with Crippen molar-refractivity contribution in [1.82, 2.24) is 0 Å². The fourth-order valence-corrected chi connectivity index (χ4v) is 4.35. The van der Waals surface area contributed by atoms with Crippen molar-refractivity contribution in [3.05, 3.63) is 90.5 Å². The molecule has 118 valence electrons. The highest BCUT2D eigenvalue weighted by molar-refractivity contribution is 6.05. The first-order valence-corrected chi connectivity index (χ1v) is 8.68. The first-order valence-electron chi connectivity index (χ1n) is 8.68. The Kier molecular flexibility index (Phi) is 2.43. The number of hydrogen-bond acceptors (Lipinski definition) is 2. The number of benzene rings is 4. The molecule has 1 unspecified atom stereocenters. The molecule has 2 aliphatic heterocycles. The molecule has 4 aromatic carbocycles. The van der Waals surface area contributed by atoms with Crippen LogP contribution in [0.3, 0.4) is 0 Å². The van der Waals surface area contributed by atoms with E-state index in [4.69, 9.17) is 0 Å². The van der Waals surface area contributed by atoms with Crippen molar-refractivity contribution >= 4 is 27.8 Å². The number of rotatable bonds is 0. The number of hydrogen-bond donors (Lipinski definition) is 1. The van der Waals surface area contributed by atoms with Crippen LogP contribution in [0.4, 0.5) is 17.1 Å². The monoisotopic (exact) mass is 320 g/mol. The van der Waals surface area contributed by atoms with Gasteiger partial charge in [0.25, 0.3) is 0 Å². The van der Waals surface area contributed by atoms with Crippen LogP contribution >= 0.6 is 0 Å². The van der Waals surface area contributed by atoms with Gasteiger partial charge in [0.2, 0.25) is 0 Å². The zero-order valence-electron chi connectivity index (χ0n) is 13.6. The van der Waals surface area contributed by atoms with Gasteiger partial charge in [-0.25, -0.2) is 0 Å². The van der Waals surface area contributed by atoms with E-state index in [0.29, 0.717) is 0 Å². The van der Waals surface area contributed by atoms with Gasteiger partial charge in [0, 0.05) is 11.1 Å².